The average Bonchev–Trinajstić information content (AvgIpc) is 2.35. The standard InChI is InChI=1S/C11H22N2O4S2/c1-3-9(15)6-13(8(2)14)4-5-18-19-7-10(12)11(16)17/h9-10,15H,3-7,12H2,1-2H3,(H,16,17). The zero-order valence-electron chi connectivity index (χ0n) is 11.2. The largest absolute Gasteiger partial charge is 0.480 e. The van der Waals surface area contributed by atoms with Gasteiger partial charge in [-0.25, -0.2) is 0 Å². The van der Waals surface area contributed by atoms with E-state index in [2.05, 4.69) is 0 Å². The molecule has 0 rings (SSSR count). The fourth-order valence-corrected chi connectivity index (χ4v) is 3.26. The van der Waals surface area contributed by atoms with Crippen molar-refractivity contribution < 1.29 is 19.8 Å². The zero-order chi connectivity index (χ0) is 14.8. The van der Waals surface area contributed by atoms with Crippen LogP contribution in [-0.2, 0) is 9.59 Å². The lowest BCUT2D eigenvalue weighted by Gasteiger charge is -2.23. The predicted octanol–water partition coefficient (Wildman–Crippen LogP) is 0.399. The third-order valence-corrected chi connectivity index (χ3v) is 4.86. The highest BCUT2D eigenvalue weighted by Gasteiger charge is 2.14. The Bertz CT molecular complexity index is 292. The van der Waals surface area contributed by atoms with Gasteiger partial charge in [0.1, 0.15) is 6.04 Å². The van der Waals surface area contributed by atoms with Gasteiger partial charge in [0.05, 0.1) is 6.10 Å². The predicted molar refractivity (Wildman–Crippen MR) is 79.1 cm³/mol. The van der Waals surface area contributed by atoms with Gasteiger partial charge in [-0.3, -0.25) is 9.59 Å². The third-order valence-electron chi connectivity index (χ3n) is 2.44. The maximum Gasteiger partial charge on any atom is 0.321 e. The highest BCUT2D eigenvalue weighted by atomic mass is 33.1. The van der Waals surface area contributed by atoms with E-state index in [1.807, 2.05) is 6.92 Å². The van der Waals surface area contributed by atoms with E-state index >= 15 is 0 Å². The normalized spacial score (nSPS) is 13.9. The number of hydrogen-bond donors (Lipinski definition) is 3. The molecule has 1 amide bonds. The molecular weight excluding hydrogens is 288 g/mol. The lowest BCUT2D eigenvalue weighted by atomic mass is 10.2. The second kappa shape index (κ2) is 10.4. The van der Waals surface area contributed by atoms with Crippen molar-refractivity contribution in [3.8, 4) is 0 Å². The van der Waals surface area contributed by atoms with E-state index in [1.54, 1.807) is 4.90 Å². The van der Waals surface area contributed by atoms with Crippen LogP contribution >= 0.6 is 21.6 Å². The van der Waals surface area contributed by atoms with Crippen LogP contribution in [0.15, 0.2) is 0 Å². The van der Waals surface area contributed by atoms with E-state index in [0.29, 0.717) is 31.0 Å². The average molecular weight is 310 g/mol. The van der Waals surface area contributed by atoms with E-state index < -0.39 is 18.1 Å². The molecule has 0 heterocycles. The molecule has 0 aliphatic heterocycles. The van der Waals surface area contributed by atoms with Crippen LogP contribution in [0.5, 0.6) is 0 Å². The Morgan fingerprint density at radius 3 is 2.47 bits per heavy atom. The van der Waals surface area contributed by atoms with Crippen LogP contribution < -0.4 is 5.73 Å². The van der Waals surface area contributed by atoms with Gasteiger partial charge in [0.15, 0.2) is 0 Å². The first kappa shape index (κ1) is 18.6. The van der Waals surface area contributed by atoms with Crippen molar-refractivity contribution in [3.05, 3.63) is 0 Å². The van der Waals surface area contributed by atoms with Crippen LogP contribution in [0.25, 0.3) is 0 Å². The van der Waals surface area contributed by atoms with Gasteiger partial charge >= 0.3 is 5.97 Å². The first-order chi connectivity index (χ1) is 8.88. The highest BCUT2D eigenvalue weighted by Crippen LogP contribution is 2.21. The van der Waals surface area contributed by atoms with Crippen molar-refractivity contribution >= 4 is 33.5 Å². The number of carbonyl (C=O) groups excluding carboxylic acids is 1. The number of aliphatic hydroxyl groups excluding tert-OH is 1. The number of carbonyl (C=O) groups is 2. The molecule has 4 N–H and O–H groups in total. The number of amides is 1. The number of nitrogens with two attached hydrogens (primary N) is 1. The van der Waals surface area contributed by atoms with E-state index in [4.69, 9.17) is 10.8 Å². The van der Waals surface area contributed by atoms with Crippen LogP contribution in [0.2, 0.25) is 0 Å². The van der Waals surface area contributed by atoms with Gasteiger partial charge < -0.3 is 20.8 Å². The monoisotopic (exact) mass is 310 g/mol. The first-order valence-corrected chi connectivity index (χ1v) is 8.53. The maximum atomic E-state index is 11.4. The van der Waals surface area contributed by atoms with Gasteiger partial charge in [0, 0.05) is 31.5 Å². The van der Waals surface area contributed by atoms with Gasteiger partial charge in [-0.1, -0.05) is 28.5 Å². The second-order valence-corrected chi connectivity index (χ2v) is 6.71. The summed E-state index contributed by atoms with van der Waals surface area (Å²) in [5, 5.41) is 18.1. The molecule has 0 aliphatic carbocycles. The third kappa shape index (κ3) is 9.15. The Hall–Kier alpha value is -0.440. The summed E-state index contributed by atoms with van der Waals surface area (Å²) in [5.74, 6) is -0.0742. The number of nitrogens with zero attached hydrogens (tertiary/aromatic N) is 1. The summed E-state index contributed by atoms with van der Waals surface area (Å²) in [6.07, 6.45) is 0.112. The Kier molecular flexibility index (Phi) is 10.1. The van der Waals surface area contributed by atoms with E-state index in [9.17, 15) is 14.7 Å². The highest BCUT2D eigenvalue weighted by molar-refractivity contribution is 8.76. The van der Waals surface area contributed by atoms with Crippen LogP contribution in [-0.4, -0.2) is 63.7 Å². The summed E-state index contributed by atoms with van der Waals surface area (Å²) in [7, 11) is 2.86. The van der Waals surface area contributed by atoms with Crippen molar-refractivity contribution in [2.45, 2.75) is 32.4 Å². The fourth-order valence-electron chi connectivity index (χ4n) is 1.16. The van der Waals surface area contributed by atoms with Gasteiger partial charge in [0.2, 0.25) is 5.91 Å². The minimum absolute atomic E-state index is 0.0691. The van der Waals surface area contributed by atoms with Crippen LogP contribution in [0.1, 0.15) is 20.3 Å². The number of carboxylic acid groups (broad SMARTS) is 1. The molecular formula is C11H22N2O4S2. The summed E-state index contributed by atoms with van der Waals surface area (Å²) in [4.78, 5) is 23.4. The minimum Gasteiger partial charge on any atom is -0.480 e. The Morgan fingerprint density at radius 1 is 1.37 bits per heavy atom. The zero-order valence-corrected chi connectivity index (χ0v) is 12.9. The summed E-state index contributed by atoms with van der Waals surface area (Å²) in [6.45, 7) is 4.21. The summed E-state index contributed by atoms with van der Waals surface area (Å²) in [6, 6.07) is -0.858. The van der Waals surface area contributed by atoms with Gasteiger partial charge in [0.25, 0.3) is 0 Å². The van der Waals surface area contributed by atoms with Crippen LogP contribution in [0.3, 0.4) is 0 Å². The molecule has 0 bridgehead atoms. The van der Waals surface area contributed by atoms with Crippen molar-refractivity contribution in [3.63, 3.8) is 0 Å². The minimum atomic E-state index is -1.01. The summed E-state index contributed by atoms with van der Waals surface area (Å²) >= 11 is 0. The Labute approximate surface area is 121 Å². The van der Waals surface area contributed by atoms with Gasteiger partial charge in [-0.15, -0.1) is 0 Å². The van der Waals surface area contributed by atoms with E-state index in [1.165, 1.54) is 28.5 Å². The molecule has 0 fully saturated rings. The van der Waals surface area contributed by atoms with E-state index in [-0.39, 0.29) is 5.91 Å². The first-order valence-electron chi connectivity index (χ1n) is 6.04. The lowest BCUT2D eigenvalue weighted by Crippen LogP contribution is -2.37. The van der Waals surface area contributed by atoms with Crippen molar-refractivity contribution in [1.29, 1.82) is 0 Å². The van der Waals surface area contributed by atoms with Crippen molar-refractivity contribution in [1.82, 2.24) is 4.90 Å². The summed E-state index contributed by atoms with van der Waals surface area (Å²) < 4.78 is 0. The Morgan fingerprint density at radius 2 is 2.00 bits per heavy atom. The van der Waals surface area contributed by atoms with Crippen LogP contribution in [0.4, 0.5) is 0 Å². The van der Waals surface area contributed by atoms with Crippen molar-refractivity contribution in [2.75, 3.05) is 24.6 Å². The smallest absolute Gasteiger partial charge is 0.321 e. The second-order valence-electron chi connectivity index (χ2n) is 4.08. The number of aliphatic hydroxyl groups is 1. The topological polar surface area (TPSA) is 104 Å². The van der Waals surface area contributed by atoms with Crippen molar-refractivity contribution in [2.24, 2.45) is 5.73 Å². The molecule has 2 unspecified atom stereocenters. The maximum absolute atomic E-state index is 11.4. The molecule has 19 heavy (non-hydrogen) atoms. The van der Waals surface area contributed by atoms with Gasteiger partial charge in [-0.05, 0) is 6.42 Å². The number of aliphatic carboxylic acids is 1. The molecule has 0 saturated heterocycles. The van der Waals surface area contributed by atoms with Gasteiger partial charge in [-0.2, -0.15) is 0 Å². The summed E-state index contributed by atoms with van der Waals surface area (Å²) in [5.41, 5.74) is 5.36. The molecule has 6 nitrogen and oxygen atoms in total. The molecule has 0 aliphatic rings. The molecule has 0 radical (unpaired) electrons. The molecule has 0 aromatic heterocycles. The number of rotatable bonds is 10. The molecule has 0 saturated carbocycles. The number of hydrogen-bond acceptors (Lipinski definition) is 6. The quantitative estimate of drug-likeness (QED) is 0.396. The number of carboxylic acids is 1. The fraction of sp³-hybridized carbons (Fsp3) is 0.818. The molecule has 112 valence electrons. The van der Waals surface area contributed by atoms with E-state index in [0.717, 1.165) is 0 Å². The molecule has 2 atom stereocenters. The molecule has 8 heteroatoms. The molecule has 0 spiro atoms. The lowest BCUT2D eigenvalue weighted by molar-refractivity contribution is -0.138. The molecule has 0 aromatic carbocycles. The Balaban J connectivity index is 3.82. The molecule has 0 aromatic rings. The van der Waals surface area contributed by atoms with Crippen LogP contribution in [0, 0.1) is 0 Å². The SMILES string of the molecule is CCC(O)CN(CCSSCC(N)C(=O)O)C(C)=O.